The van der Waals surface area contributed by atoms with Crippen LogP contribution in [0.1, 0.15) is 11.1 Å². The first-order chi connectivity index (χ1) is 15.2. The van der Waals surface area contributed by atoms with Crippen molar-refractivity contribution in [3.8, 4) is 0 Å². The van der Waals surface area contributed by atoms with Crippen LogP contribution < -0.4 is 5.32 Å². The van der Waals surface area contributed by atoms with Gasteiger partial charge in [-0.2, -0.15) is 0 Å². The van der Waals surface area contributed by atoms with Crippen LogP contribution in [0.4, 0.5) is 5.69 Å². The number of aromatic nitrogens is 1. The maximum Gasteiger partial charge on any atom is 0.244 e. The number of rotatable bonds is 6. The van der Waals surface area contributed by atoms with E-state index in [0.29, 0.717) is 32.2 Å². The maximum atomic E-state index is 13.2. The average Bonchev–Trinajstić information content (AvgIpc) is 3.10. The van der Waals surface area contributed by atoms with Crippen molar-refractivity contribution in [1.29, 1.82) is 0 Å². The molecule has 1 heterocycles. The second-order valence-electron chi connectivity index (χ2n) is 7.54. The molecule has 0 aliphatic rings. The number of carbonyl (C=O) groups is 1. The molecule has 0 aliphatic heterocycles. The minimum Gasteiger partial charge on any atom is -0.337 e. The van der Waals surface area contributed by atoms with Gasteiger partial charge >= 0.3 is 0 Å². The van der Waals surface area contributed by atoms with Gasteiger partial charge in [0.2, 0.25) is 5.91 Å². The zero-order valence-corrected chi connectivity index (χ0v) is 19.5. The van der Waals surface area contributed by atoms with Crippen LogP contribution in [-0.2, 0) is 26.9 Å². The molecule has 1 N–H and O–H groups in total. The van der Waals surface area contributed by atoms with Crippen molar-refractivity contribution in [2.75, 3.05) is 5.32 Å². The Bertz CT molecular complexity index is 1430. The van der Waals surface area contributed by atoms with Crippen molar-refractivity contribution in [3.63, 3.8) is 0 Å². The van der Waals surface area contributed by atoms with E-state index in [-0.39, 0.29) is 23.1 Å². The van der Waals surface area contributed by atoms with Gasteiger partial charge in [-0.15, -0.1) is 0 Å². The summed E-state index contributed by atoms with van der Waals surface area (Å²) in [7, 11) is -3.67. The second-order valence-corrected chi connectivity index (χ2v) is 10.3. The molecule has 0 atom stereocenters. The number of sulfone groups is 1. The maximum absolute atomic E-state index is 13.2. The summed E-state index contributed by atoms with van der Waals surface area (Å²) in [6.07, 6.45) is 1.52. The number of aryl methyl sites for hydroxylation is 1. The SMILES string of the molecule is Cc1ccc(NC(=O)Cn2cc(S(=O)(=O)Cc3cccc(Cl)c3)c3ccccc32)cc1Cl. The smallest absolute Gasteiger partial charge is 0.244 e. The van der Waals surface area contributed by atoms with Crippen LogP contribution in [0, 0.1) is 6.92 Å². The van der Waals surface area contributed by atoms with E-state index in [2.05, 4.69) is 5.32 Å². The van der Waals surface area contributed by atoms with Gasteiger partial charge in [-0.05, 0) is 48.4 Å². The molecular weight excluding hydrogens is 467 g/mol. The molecule has 0 bridgehead atoms. The molecule has 164 valence electrons. The van der Waals surface area contributed by atoms with Crippen molar-refractivity contribution in [1.82, 2.24) is 4.57 Å². The first kappa shape index (κ1) is 22.4. The molecule has 4 rings (SSSR count). The predicted molar refractivity (Wildman–Crippen MR) is 129 cm³/mol. The fourth-order valence-electron chi connectivity index (χ4n) is 3.54. The molecule has 0 radical (unpaired) electrons. The van der Waals surface area contributed by atoms with E-state index in [4.69, 9.17) is 23.2 Å². The first-order valence-electron chi connectivity index (χ1n) is 9.84. The summed E-state index contributed by atoms with van der Waals surface area (Å²) in [5.41, 5.74) is 2.75. The number of anilines is 1. The average molecular weight is 487 g/mol. The fourth-order valence-corrected chi connectivity index (χ4v) is 5.50. The number of amides is 1. The van der Waals surface area contributed by atoms with Crippen LogP contribution in [0.5, 0.6) is 0 Å². The summed E-state index contributed by atoms with van der Waals surface area (Å²) < 4.78 is 28.1. The summed E-state index contributed by atoms with van der Waals surface area (Å²) in [6.45, 7) is 1.84. The third-order valence-electron chi connectivity index (χ3n) is 5.10. The number of fused-ring (bicyclic) bond motifs is 1. The normalized spacial score (nSPS) is 11.6. The fraction of sp³-hybridized carbons (Fsp3) is 0.125. The van der Waals surface area contributed by atoms with E-state index in [9.17, 15) is 13.2 Å². The summed E-state index contributed by atoms with van der Waals surface area (Å²) in [6, 6.07) is 19.2. The van der Waals surface area contributed by atoms with Crippen molar-refractivity contribution < 1.29 is 13.2 Å². The molecule has 0 saturated heterocycles. The lowest BCUT2D eigenvalue weighted by Crippen LogP contribution is -2.18. The minimum atomic E-state index is -3.67. The highest BCUT2D eigenvalue weighted by Gasteiger charge is 2.22. The minimum absolute atomic E-state index is 0.0430. The highest BCUT2D eigenvalue weighted by Crippen LogP contribution is 2.29. The summed E-state index contributed by atoms with van der Waals surface area (Å²) in [5, 5.41) is 4.42. The summed E-state index contributed by atoms with van der Waals surface area (Å²) >= 11 is 12.1. The van der Waals surface area contributed by atoms with Gasteiger partial charge in [0.05, 0.1) is 10.6 Å². The standard InChI is InChI=1S/C24H20Cl2N2O3S/c1-16-9-10-19(12-21(16)26)27-24(29)14-28-13-23(20-7-2-3-8-22(20)28)32(30,31)15-17-5-4-6-18(25)11-17/h2-13H,14-15H2,1H3,(H,27,29). The largest absolute Gasteiger partial charge is 0.337 e. The van der Waals surface area contributed by atoms with Crippen LogP contribution in [-0.4, -0.2) is 18.9 Å². The van der Waals surface area contributed by atoms with E-state index in [1.54, 1.807) is 59.2 Å². The predicted octanol–water partition coefficient (Wildman–Crippen LogP) is 5.87. The third-order valence-corrected chi connectivity index (χ3v) is 7.45. The molecular formula is C24H20Cl2N2O3S. The van der Waals surface area contributed by atoms with Crippen LogP contribution in [0.15, 0.2) is 77.8 Å². The molecule has 32 heavy (non-hydrogen) atoms. The Kier molecular flexibility index (Phi) is 6.29. The zero-order chi connectivity index (χ0) is 22.9. The van der Waals surface area contributed by atoms with Crippen LogP contribution in [0.3, 0.4) is 0 Å². The number of hydrogen-bond acceptors (Lipinski definition) is 3. The molecule has 8 heteroatoms. The summed E-state index contributed by atoms with van der Waals surface area (Å²) in [4.78, 5) is 12.8. The second kappa shape index (κ2) is 8.98. The monoisotopic (exact) mass is 486 g/mol. The van der Waals surface area contributed by atoms with Crippen molar-refractivity contribution in [3.05, 3.63) is 94.1 Å². The Morgan fingerprint density at radius 1 is 1.00 bits per heavy atom. The van der Waals surface area contributed by atoms with Crippen LogP contribution >= 0.6 is 23.2 Å². The molecule has 0 unspecified atom stereocenters. The molecule has 3 aromatic carbocycles. The number of para-hydroxylation sites is 1. The Hall–Kier alpha value is -2.80. The molecule has 0 spiro atoms. The first-order valence-corrected chi connectivity index (χ1v) is 12.2. The number of hydrogen-bond donors (Lipinski definition) is 1. The van der Waals surface area contributed by atoms with Crippen molar-refractivity contribution >= 4 is 55.5 Å². The number of benzene rings is 3. The number of halogens is 2. The van der Waals surface area contributed by atoms with Gasteiger partial charge in [-0.1, -0.05) is 59.6 Å². The number of nitrogens with one attached hydrogen (secondary N) is 1. The van der Waals surface area contributed by atoms with Crippen molar-refractivity contribution in [2.45, 2.75) is 24.1 Å². The van der Waals surface area contributed by atoms with E-state index >= 15 is 0 Å². The topological polar surface area (TPSA) is 68.2 Å². The number of carbonyl (C=O) groups excluding carboxylic acids is 1. The van der Waals surface area contributed by atoms with Gasteiger partial charge in [-0.3, -0.25) is 4.79 Å². The van der Waals surface area contributed by atoms with Crippen molar-refractivity contribution in [2.24, 2.45) is 0 Å². The van der Waals surface area contributed by atoms with Gasteiger partial charge in [0.25, 0.3) is 0 Å². The third kappa shape index (κ3) is 4.83. The molecule has 4 aromatic rings. The molecule has 1 amide bonds. The van der Waals surface area contributed by atoms with Gasteiger partial charge in [0.15, 0.2) is 9.84 Å². The highest BCUT2D eigenvalue weighted by atomic mass is 35.5. The van der Waals surface area contributed by atoms with E-state index < -0.39 is 9.84 Å². The molecule has 5 nitrogen and oxygen atoms in total. The van der Waals surface area contributed by atoms with E-state index in [0.717, 1.165) is 5.56 Å². The molecule has 0 aliphatic carbocycles. The van der Waals surface area contributed by atoms with Crippen LogP contribution in [0.2, 0.25) is 10.0 Å². The Balaban J connectivity index is 1.63. The Morgan fingerprint density at radius 2 is 1.78 bits per heavy atom. The number of nitrogens with zero attached hydrogens (tertiary/aromatic N) is 1. The van der Waals surface area contributed by atoms with E-state index in [1.807, 2.05) is 19.1 Å². The van der Waals surface area contributed by atoms with Gasteiger partial charge in [-0.25, -0.2) is 8.42 Å². The lowest BCUT2D eigenvalue weighted by atomic mass is 10.2. The quantitative estimate of drug-likeness (QED) is 0.370. The van der Waals surface area contributed by atoms with Crippen LogP contribution in [0.25, 0.3) is 10.9 Å². The molecule has 1 aromatic heterocycles. The lowest BCUT2D eigenvalue weighted by Gasteiger charge is -2.08. The Labute approximate surface area is 196 Å². The highest BCUT2D eigenvalue weighted by molar-refractivity contribution is 7.90. The molecule has 0 saturated carbocycles. The van der Waals surface area contributed by atoms with Gasteiger partial charge < -0.3 is 9.88 Å². The summed E-state index contributed by atoms with van der Waals surface area (Å²) in [5.74, 6) is -0.472. The lowest BCUT2D eigenvalue weighted by molar-refractivity contribution is -0.116. The van der Waals surface area contributed by atoms with E-state index in [1.165, 1.54) is 6.20 Å². The van der Waals surface area contributed by atoms with Gasteiger partial charge in [0, 0.05) is 32.8 Å². The zero-order valence-electron chi connectivity index (χ0n) is 17.2. The van der Waals surface area contributed by atoms with Gasteiger partial charge in [0.1, 0.15) is 6.54 Å². The Morgan fingerprint density at radius 3 is 2.53 bits per heavy atom. The molecule has 0 fully saturated rings.